The van der Waals surface area contributed by atoms with E-state index < -0.39 is 11.6 Å². The summed E-state index contributed by atoms with van der Waals surface area (Å²) in [4.78, 5) is 12.0. The summed E-state index contributed by atoms with van der Waals surface area (Å²) in [6.07, 6.45) is 2.64. The van der Waals surface area contributed by atoms with E-state index in [-0.39, 0.29) is 17.3 Å². The van der Waals surface area contributed by atoms with E-state index in [2.05, 4.69) is 6.92 Å². The van der Waals surface area contributed by atoms with E-state index in [9.17, 15) is 13.6 Å². The van der Waals surface area contributed by atoms with Crippen molar-refractivity contribution in [2.24, 2.45) is 11.8 Å². The van der Waals surface area contributed by atoms with Crippen LogP contribution in [0.1, 0.15) is 36.5 Å². The quantitative estimate of drug-likeness (QED) is 0.702. The molecular formula is C13H14F2O. The summed E-state index contributed by atoms with van der Waals surface area (Å²) in [7, 11) is 0. The first-order valence-electron chi connectivity index (χ1n) is 5.57. The zero-order valence-corrected chi connectivity index (χ0v) is 9.17. The van der Waals surface area contributed by atoms with Gasteiger partial charge in [-0.1, -0.05) is 6.92 Å². The number of carbonyl (C=O) groups excluding carboxylic acids is 1. The largest absolute Gasteiger partial charge is 0.294 e. The van der Waals surface area contributed by atoms with Crippen molar-refractivity contribution in [3.8, 4) is 0 Å². The highest BCUT2D eigenvalue weighted by Gasteiger charge is 2.29. The van der Waals surface area contributed by atoms with Crippen molar-refractivity contribution >= 4 is 5.78 Å². The summed E-state index contributed by atoms with van der Waals surface area (Å²) in [5.74, 6) is -1.13. The molecule has 0 aliphatic heterocycles. The Hall–Kier alpha value is -1.25. The van der Waals surface area contributed by atoms with Gasteiger partial charge in [0, 0.05) is 12.0 Å². The summed E-state index contributed by atoms with van der Waals surface area (Å²) in [5, 5.41) is 0. The molecule has 1 aromatic carbocycles. The molecule has 86 valence electrons. The second kappa shape index (κ2) is 4.32. The maximum atomic E-state index is 13.4. The fraction of sp³-hybridized carbons (Fsp3) is 0.462. The van der Waals surface area contributed by atoms with E-state index in [4.69, 9.17) is 0 Å². The van der Waals surface area contributed by atoms with Crippen LogP contribution in [0.5, 0.6) is 0 Å². The van der Waals surface area contributed by atoms with Gasteiger partial charge in [0.2, 0.25) is 0 Å². The molecule has 0 radical (unpaired) electrons. The first kappa shape index (κ1) is 11.2. The van der Waals surface area contributed by atoms with Gasteiger partial charge in [0.15, 0.2) is 5.78 Å². The second-order valence-corrected chi connectivity index (χ2v) is 4.60. The standard InChI is InChI=1S/C13H14F2O/c1-8-2-3-9(6-8)13(16)11-5-4-10(14)7-12(11)15/h4-5,7-9H,2-3,6H2,1H3. The number of halogens is 2. The zero-order chi connectivity index (χ0) is 11.7. The summed E-state index contributed by atoms with van der Waals surface area (Å²) in [6, 6.07) is 3.15. The number of rotatable bonds is 2. The van der Waals surface area contributed by atoms with Gasteiger partial charge < -0.3 is 0 Å². The normalized spacial score (nSPS) is 24.7. The van der Waals surface area contributed by atoms with Crippen LogP contribution < -0.4 is 0 Å². The maximum Gasteiger partial charge on any atom is 0.168 e. The minimum atomic E-state index is -0.746. The van der Waals surface area contributed by atoms with E-state index >= 15 is 0 Å². The molecule has 0 aromatic heterocycles. The molecule has 1 aromatic rings. The first-order valence-corrected chi connectivity index (χ1v) is 5.57. The SMILES string of the molecule is CC1CCC(C(=O)c2ccc(F)cc2F)C1. The van der Waals surface area contributed by atoms with Crippen LogP contribution >= 0.6 is 0 Å². The molecule has 1 aliphatic rings. The monoisotopic (exact) mass is 224 g/mol. The molecule has 1 aliphatic carbocycles. The predicted molar refractivity (Wildman–Crippen MR) is 57.2 cm³/mol. The summed E-state index contributed by atoms with van der Waals surface area (Å²) in [5.41, 5.74) is 0.0282. The van der Waals surface area contributed by atoms with Gasteiger partial charge in [0.25, 0.3) is 0 Å². The highest BCUT2D eigenvalue weighted by Crippen LogP contribution is 2.33. The molecule has 1 fully saturated rings. The lowest BCUT2D eigenvalue weighted by molar-refractivity contribution is 0.0916. The van der Waals surface area contributed by atoms with E-state index in [0.717, 1.165) is 31.4 Å². The molecule has 2 rings (SSSR count). The van der Waals surface area contributed by atoms with E-state index in [1.54, 1.807) is 0 Å². The maximum absolute atomic E-state index is 13.4. The topological polar surface area (TPSA) is 17.1 Å². The zero-order valence-electron chi connectivity index (χ0n) is 9.17. The van der Waals surface area contributed by atoms with Crippen LogP contribution in [0.2, 0.25) is 0 Å². The predicted octanol–water partition coefficient (Wildman–Crippen LogP) is 3.58. The number of Topliss-reactive ketones (excluding diaryl/α,β-unsaturated/α-hetero) is 1. The Balaban J connectivity index is 2.21. The molecule has 3 heteroatoms. The Labute approximate surface area is 93.5 Å². The van der Waals surface area contributed by atoms with Gasteiger partial charge >= 0.3 is 0 Å². The molecule has 0 amide bonds. The van der Waals surface area contributed by atoms with Crippen LogP contribution in [0.15, 0.2) is 18.2 Å². The number of benzene rings is 1. The molecule has 0 saturated heterocycles. The fourth-order valence-electron chi connectivity index (χ4n) is 2.35. The molecule has 0 bridgehead atoms. The Morgan fingerprint density at radius 3 is 2.62 bits per heavy atom. The molecular weight excluding hydrogens is 210 g/mol. The molecule has 2 unspecified atom stereocenters. The minimum absolute atomic E-state index is 0.0282. The van der Waals surface area contributed by atoms with Gasteiger partial charge in [-0.05, 0) is 37.3 Å². The van der Waals surface area contributed by atoms with Gasteiger partial charge in [0.05, 0.1) is 5.56 Å². The lowest BCUT2D eigenvalue weighted by Crippen LogP contribution is -2.13. The van der Waals surface area contributed by atoms with Gasteiger partial charge in [-0.3, -0.25) is 4.79 Å². The molecule has 1 nitrogen and oxygen atoms in total. The third-order valence-corrected chi connectivity index (χ3v) is 3.26. The van der Waals surface area contributed by atoms with Gasteiger partial charge in [0.1, 0.15) is 11.6 Å². The highest BCUT2D eigenvalue weighted by molar-refractivity contribution is 5.98. The lowest BCUT2D eigenvalue weighted by Gasteiger charge is -2.09. The molecule has 16 heavy (non-hydrogen) atoms. The van der Waals surface area contributed by atoms with Crippen molar-refractivity contribution in [2.75, 3.05) is 0 Å². The summed E-state index contributed by atoms with van der Waals surface area (Å²) < 4.78 is 26.1. The Bertz CT molecular complexity index is 414. The Morgan fingerprint density at radius 1 is 1.31 bits per heavy atom. The number of carbonyl (C=O) groups is 1. The molecule has 0 heterocycles. The van der Waals surface area contributed by atoms with Gasteiger partial charge in [-0.25, -0.2) is 8.78 Å². The minimum Gasteiger partial charge on any atom is -0.294 e. The lowest BCUT2D eigenvalue weighted by atomic mass is 9.95. The fourth-order valence-corrected chi connectivity index (χ4v) is 2.35. The average Bonchev–Trinajstić information content (AvgIpc) is 2.64. The first-order chi connectivity index (χ1) is 7.58. The highest BCUT2D eigenvalue weighted by atomic mass is 19.1. The average molecular weight is 224 g/mol. The number of hydrogen-bond acceptors (Lipinski definition) is 1. The molecule has 0 N–H and O–H groups in total. The van der Waals surface area contributed by atoms with Crippen LogP contribution in [-0.2, 0) is 0 Å². The van der Waals surface area contributed by atoms with Crippen LogP contribution in [0.3, 0.4) is 0 Å². The van der Waals surface area contributed by atoms with Gasteiger partial charge in [-0.2, -0.15) is 0 Å². The Kier molecular flexibility index (Phi) is 3.03. The van der Waals surface area contributed by atoms with E-state index in [1.165, 1.54) is 6.07 Å². The van der Waals surface area contributed by atoms with Crippen molar-refractivity contribution in [1.82, 2.24) is 0 Å². The van der Waals surface area contributed by atoms with Crippen LogP contribution in [0.4, 0.5) is 8.78 Å². The van der Waals surface area contributed by atoms with Crippen molar-refractivity contribution < 1.29 is 13.6 Å². The number of hydrogen-bond donors (Lipinski definition) is 0. The second-order valence-electron chi connectivity index (χ2n) is 4.60. The van der Waals surface area contributed by atoms with E-state index in [0.29, 0.717) is 5.92 Å². The van der Waals surface area contributed by atoms with Crippen LogP contribution in [-0.4, -0.2) is 5.78 Å². The van der Waals surface area contributed by atoms with Crippen molar-refractivity contribution in [2.45, 2.75) is 26.2 Å². The summed E-state index contributed by atoms with van der Waals surface area (Å²) >= 11 is 0. The third kappa shape index (κ3) is 2.13. The van der Waals surface area contributed by atoms with Crippen LogP contribution in [0.25, 0.3) is 0 Å². The number of ketones is 1. The third-order valence-electron chi connectivity index (χ3n) is 3.26. The smallest absolute Gasteiger partial charge is 0.168 e. The summed E-state index contributed by atoms with van der Waals surface area (Å²) in [6.45, 7) is 2.09. The molecule has 0 spiro atoms. The van der Waals surface area contributed by atoms with Crippen LogP contribution in [0, 0.1) is 23.5 Å². The van der Waals surface area contributed by atoms with Crippen molar-refractivity contribution in [3.63, 3.8) is 0 Å². The van der Waals surface area contributed by atoms with E-state index in [1.807, 2.05) is 0 Å². The Morgan fingerprint density at radius 2 is 2.06 bits per heavy atom. The van der Waals surface area contributed by atoms with Crippen molar-refractivity contribution in [3.05, 3.63) is 35.4 Å². The molecule has 1 saturated carbocycles. The molecule has 2 atom stereocenters. The van der Waals surface area contributed by atoms with Crippen molar-refractivity contribution in [1.29, 1.82) is 0 Å². The van der Waals surface area contributed by atoms with Gasteiger partial charge in [-0.15, -0.1) is 0 Å².